The Kier molecular flexibility index (Phi) is 6.79. The average molecular weight is 265 g/mol. The summed E-state index contributed by atoms with van der Waals surface area (Å²) < 4.78 is 10.6. The van der Waals surface area contributed by atoms with Crippen LogP contribution in [0.3, 0.4) is 0 Å². The zero-order valence-corrected chi connectivity index (χ0v) is 12.0. The second-order valence-corrected chi connectivity index (χ2v) is 4.35. The molecule has 4 nitrogen and oxygen atoms in total. The summed E-state index contributed by atoms with van der Waals surface area (Å²) in [5, 5.41) is 0. The molecule has 0 unspecified atom stereocenters. The van der Waals surface area contributed by atoms with Gasteiger partial charge < -0.3 is 14.4 Å². The highest BCUT2D eigenvalue weighted by atomic mass is 16.5. The molecule has 106 valence electrons. The van der Waals surface area contributed by atoms with E-state index >= 15 is 0 Å². The molecule has 1 amide bonds. The maximum absolute atomic E-state index is 12.0. The van der Waals surface area contributed by atoms with Gasteiger partial charge in [0.2, 0.25) is 0 Å². The topological polar surface area (TPSA) is 38.8 Å². The van der Waals surface area contributed by atoms with E-state index in [9.17, 15) is 4.79 Å². The number of methoxy groups -OCH3 is 1. The highest BCUT2D eigenvalue weighted by Crippen LogP contribution is 2.18. The van der Waals surface area contributed by atoms with Gasteiger partial charge in [-0.15, -0.1) is 0 Å². The molecular weight excluding hydrogens is 242 g/mol. The van der Waals surface area contributed by atoms with Gasteiger partial charge in [0.05, 0.1) is 7.11 Å². The third-order valence-electron chi connectivity index (χ3n) is 2.74. The van der Waals surface area contributed by atoms with Gasteiger partial charge in [-0.3, -0.25) is 4.79 Å². The Morgan fingerprint density at radius 2 is 1.79 bits per heavy atom. The fourth-order valence-corrected chi connectivity index (χ4v) is 1.83. The van der Waals surface area contributed by atoms with Gasteiger partial charge in [-0.05, 0) is 25.0 Å². The number of ether oxygens (including phenoxy) is 2. The monoisotopic (exact) mass is 265 g/mol. The van der Waals surface area contributed by atoms with Crippen molar-refractivity contribution in [3.63, 3.8) is 0 Å². The lowest BCUT2D eigenvalue weighted by Gasteiger charge is -2.21. The van der Waals surface area contributed by atoms with Crippen molar-refractivity contribution in [3.05, 3.63) is 24.3 Å². The van der Waals surface area contributed by atoms with E-state index < -0.39 is 0 Å². The number of carbonyl (C=O) groups is 1. The molecule has 0 aromatic heterocycles. The van der Waals surface area contributed by atoms with Crippen LogP contribution in [0.15, 0.2) is 24.3 Å². The molecule has 0 aliphatic carbocycles. The van der Waals surface area contributed by atoms with Crippen LogP contribution in [-0.4, -0.2) is 37.6 Å². The van der Waals surface area contributed by atoms with Gasteiger partial charge in [-0.1, -0.05) is 19.9 Å². The number of rotatable bonds is 8. The van der Waals surface area contributed by atoms with E-state index in [1.807, 2.05) is 23.1 Å². The average Bonchev–Trinajstić information content (AvgIpc) is 2.44. The number of carbonyl (C=O) groups excluding carboxylic acids is 1. The summed E-state index contributed by atoms with van der Waals surface area (Å²) in [6.07, 6.45) is 1.93. The molecule has 4 heteroatoms. The van der Waals surface area contributed by atoms with Crippen LogP contribution in [0, 0.1) is 0 Å². The molecule has 1 aromatic carbocycles. The lowest BCUT2D eigenvalue weighted by molar-refractivity contribution is -0.133. The van der Waals surface area contributed by atoms with Gasteiger partial charge in [0.25, 0.3) is 5.91 Å². The van der Waals surface area contributed by atoms with Crippen molar-refractivity contribution in [3.8, 4) is 11.5 Å². The van der Waals surface area contributed by atoms with Crippen molar-refractivity contribution in [2.75, 3.05) is 26.8 Å². The maximum Gasteiger partial charge on any atom is 0.260 e. The summed E-state index contributed by atoms with van der Waals surface area (Å²) in [6.45, 7) is 5.78. The summed E-state index contributed by atoms with van der Waals surface area (Å²) in [6, 6.07) is 7.28. The molecule has 0 heterocycles. The van der Waals surface area contributed by atoms with Gasteiger partial charge in [-0.25, -0.2) is 0 Å². The lowest BCUT2D eigenvalue weighted by Crippen LogP contribution is -2.36. The predicted molar refractivity (Wildman–Crippen MR) is 75.7 cm³/mol. The first kappa shape index (κ1) is 15.3. The summed E-state index contributed by atoms with van der Waals surface area (Å²) in [5.41, 5.74) is 0. The van der Waals surface area contributed by atoms with E-state index in [1.165, 1.54) is 0 Å². The Morgan fingerprint density at radius 1 is 1.16 bits per heavy atom. The second kappa shape index (κ2) is 8.40. The summed E-state index contributed by atoms with van der Waals surface area (Å²) in [7, 11) is 1.61. The van der Waals surface area contributed by atoms with Crippen LogP contribution in [0.25, 0.3) is 0 Å². The van der Waals surface area contributed by atoms with Crippen LogP contribution >= 0.6 is 0 Å². The molecule has 19 heavy (non-hydrogen) atoms. The normalized spacial score (nSPS) is 10.1. The number of benzene rings is 1. The molecule has 1 aromatic rings. The SMILES string of the molecule is CCCN(CCC)C(=O)COc1cccc(OC)c1. The van der Waals surface area contributed by atoms with Crippen molar-refractivity contribution in [2.24, 2.45) is 0 Å². The second-order valence-electron chi connectivity index (χ2n) is 4.35. The van der Waals surface area contributed by atoms with E-state index in [0.29, 0.717) is 5.75 Å². The first-order valence-electron chi connectivity index (χ1n) is 6.75. The predicted octanol–water partition coefficient (Wildman–Crippen LogP) is 2.72. The molecule has 0 bridgehead atoms. The smallest absolute Gasteiger partial charge is 0.260 e. The zero-order chi connectivity index (χ0) is 14.1. The van der Waals surface area contributed by atoms with Gasteiger partial charge in [0.15, 0.2) is 6.61 Å². The van der Waals surface area contributed by atoms with Crippen molar-refractivity contribution >= 4 is 5.91 Å². The molecule has 0 saturated heterocycles. The third kappa shape index (κ3) is 5.20. The molecule has 0 saturated carbocycles. The highest BCUT2D eigenvalue weighted by Gasteiger charge is 2.12. The van der Waals surface area contributed by atoms with Crippen molar-refractivity contribution in [1.82, 2.24) is 4.90 Å². The third-order valence-corrected chi connectivity index (χ3v) is 2.74. The fraction of sp³-hybridized carbons (Fsp3) is 0.533. The van der Waals surface area contributed by atoms with E-state index in [2.05, 4.69) is 13.8 Å². The highest BCUT2D eigenvalue weighted by molar-refractivity contribution is 5.77. The van der Waals surface area contributed by atoms with Crippen LogP contribution in [-0.2, 0) is 4.79 Å². The standard InChI is InChI=1S/C15H23NO3/c1-4-9-16(10-5-2)15(17)12-19-14-8-6-7-13(11-14)18-3/h6-8,11H,4-5,9-10,12H2,1-3H3. The van der Waals surface area contributed by atoms with Crippen molar-refractivity contribution < 1.29 is 14.3 Å². The van der Waals surface area contributed by atoms with E-state index in [0.717, 1.165) is 31.7 Å². The molecule has 0 N–H and O–H groups in total. The Bertz CT molecular complexity index is 387. The molecule has 0 aliphatic rings. The minimum Gasteiger partial charge on any atom is -0.497 e. The van der Waals surface area contributed by atoms with Crippen molar-refractivity contribution in [2.45, 2.75) is 26.7 Å². The number of nitrogens with zero attached hydrogens (tertiary/aromatic N) is 1. The van der Waals surface area contributed by atoms with Gasteiger partial charge >= 0.3 is 0 Å². The summed E-state index contributed by atoms with van der Waals surface area (Å²) in [5.74, 6) is 1.41. The molecule has 1 rings (SSSR count). The largest absolute Gasteiger partial charge is 0.497 e. The molecule has 0 spiro atoms. The van der Waals surface area contributed by atoms with Crippen molar-refractivity contribution in [1.29, 1.82) is 0 Å². The Morgan fingerprint density at radius 3 is 2.37 bits per heavy atom. The zero-order valence-electron chi connectivity index (χ0n) is 12.0. The number of amides is 1. The first-order valence-corrected chi connectivity index (χ1v) is 6.75. The van der Waals surface area contributed by atoms with Gasteiger partial charge in [0, 0.05) is 19.2 Å². The van der Waals surface area contributed by atoms with Crippen LogP contribution in [0.1, 0.15) is 26.7 Å². The van der Waals surface area contributed by atoms with Crippen LogP contribution < -0.4 is 9.47 Å². The maximum atomic E-state index is 12.0. The summed E-state index contributed by atoms with van der Waals surface area (Å²) >= 11 is 0. The summed E-state index contributed by atoms with van der Waals surface area (Å²) in [4.78, 5) is 13.9. The molecular formula is C15H23NO3. The van der Waals surface area contributed by atoms with E-state index in [4.69, 9.17) is 9.47 Å². The van der Waals surface area contributed by atoms with Crippen LogP contribution in [0.5, 0.6) is 11.5 Å². The molecule has 0 atom stereocenters. The minimum atomic E-state index is 0.0338. The van der Waals surface area contributed by atoms with Crippen LogP contribution in [0.2, 0.25) is 0 Å². The fourth-order valence-electron chi connectivity index (χ4n) is 1.83. The number of hydrogen-bond donors (Lipinski definition) is 0. The van der Waals surface area contributed by atoms with E-state index in [1.54, 1.807) is 13.2 Å². The number of hydrogen-bond acceptors (Lipinski definition) is 3. The molecule has 0 aliphatic heterocycles. The lowest BCUT2D eigenvalue weighted by atomic mass is 10.3. The van der Waals surface area contributed by atoms with Gasteiger partial charge in [-0.2, -0.15) is 0 Å². The minimum absolute atomic E-state index is 0.0338. The van der Waals surface area contributed by atoms with E-state index in [-0.39, 0.29) is 12.5 Å². The van der Waals surface area contributed by atoms with Crippen LogP contribution in [0.4, 0.5) is 0 Å². The Hall–Kier alpha value is -1.71. The molecule has 0 radical (unpaired) electrons. The molecule has 0 fully saturated rings. The first-order chi connectivity index (χ1) is 9.21. The quantitative estimate of drug-likeness (QED) is 0.725. The Balaban J connectivity index is 2.51. The Labute approximate surface area is 115 Å². The van der Waals surface area contributed by atoms with Gasteiger partial charge in [0.1, 0.15) is 11.5 Å².